The smallest absolute Gasteiger partial charge is 0.408 e. The summed E-state index contributed by atoms with van der Waals surface area (Å²) in [6.45, 7) is 6.46. The molecule has 0 saturated carbocycles. The van der Waals surface area contributed by atoms with Gasteiger partial charge in [-0.15, -0.1) is 6.42 Å². The Morgan fingerprint density at radius 1 is 0.962 bits per heavy atom. The Balaban J connectivity index is 3.92. The van der Waals surface area contributed by atoms with Crippen LogP contribution in [-0.4, -0.2) is 31.3 Å². The van der Waals surface area contributed by atoms with E-state index in [9.17, 15) is 9.59 Å². The Morgan fingerprint density at radius 2 is 1.54 bits per heavy atom. The molecule has 0 aliphatic heterocycles. The summed E-state index contributed by atoms with van der Waals surface area (Å²) in [7, 11) is 0. The summed E-state index contributed by atoms with van der Waals surface area (Å²) in [5.74, 6) is 2.05. The molecule has 0 aromatic rings. The van der Waals surface area contributed by atoms with Crippen molar-refractivity contribution in [2.24, 2.45) is 5.92 Å². The fourth-order valence-electron chi connectivity index (χ4n) is 2.66. The maximum Gasteiger partial charge on any atom is 0.408 e. The number of carbonyl (C=O) groups is 2. The molecule has 1 unspecified atom stereocenters. The van der Waals surface area contributed by atoms with Crippen molar-refractivity contribution in [2.75, 3.05) is 13.2 Å². The number of esters is 1. The predicted molar refractivity (Wildman–Crippen MR) is 105 cm³/mol. The van der Waals surface area contributed by atoms with Gasteiger partial charge in [0.15, 0.2) is 6.61 Å². The van der Waals surface area contributed by atoms with Crippen LogP contribution < -0.4 is 5.32 Å². The van der Waals surface area contributed by atoms with Crippen LogP contribution in [0.15, 0.2) is 0 Å². The molecule has 0 aromatic carbocycles. The van der Waals surface area contributed by atoms with Crippen LogP contribution in [0.1, 0.15) is 85.0 Å². The van der Waals surface area contributed by atoms with E-state index in [2.05, 4.69) is 18.2 Å². The minimum Gasteiger partial charge on any atom is -0.464 e. The Bertz CT molecular complexity index is 415. The van der Waals surface area contributed by atoms with Crippen molar-refractivity contribution in [1.82, 2.24) is 5.32 Å². The highest BCUT2D eigenvalue weighted by Gasteiger charge is 2.23. The zero-order valence-electron chi connectivity index (χ0n) is 16.9. The van der Waals surface area contributed by atoms with E-state index in [0.717, 1.165) is 12.8 Å². The third-order valence-corrected chi connectivity index (χ3v) is 4.06. The number of amides is 1. The average molecular weight is 368 g/mol. The molecule has 0 rings (SSSR count). The van der Waals surface area contributed by atoms with E-state index in [1.165, 1.54) is 44.9 Å². The van der Waals surface area contributed by atoms with Gasteiger partial charge in [-0.25, -0.2) is 9.59 Å². The fraction of sp³-hybridized carbons (Fsp3) is 0.810. The van der Waals surface area contributed by atoms with Crippen molar-refractivity contribution in [3.63, 3.8) is 0 Å². The van der Waals surface area contributed by atoms with E-state index in [4.69, 9.17) is 15.9 Å². The maximum atomic E-state index is 12.2. The van der Waals surface area contributed by atoms with Crippen molar-refractivity contribution >= 4 is 12.1 Å². The lowest BCUT2D eigenvalue weighted by Crippen LogP contribution is -2.43. The number of unbranched alkanes of at least 4 members (excludes halogenated alkanes) is 8. The van der Waals surface area contributed by atoms with Crippen LogP contribution in [0.25, 0.3) is 0 Å². The maximum absolute atomic E-state index is 12.2. The van der Waals surface area contributed by atoms with Crippen LogP contribution in [0.2, 0.25) is 0 Å². The number of alkyl carbamates (subject to hydrolysis) is 1. The first-order chi connectivity index (χ1) is 12.5. The van der Waals surface area contributed by atoms with E-state index >= 15 is 0 Å². The minimum atomic E-state index is -0.696. The number of terminal acetylenes is 1. The average Bonchev–Trinajstić information content (AvgIpc) is 2.60. The minimum absolute atomic E-state index is 0.117. The lowest BCUT2D eigenvalue weighted by molar-refractivity contribution is -0.146. The van der Waals surface area contributed by atoms with Gasteiger partial charge in [0.25, 0.3) is 0 Å². The monoisotopic (exact) mass is 367 g/mol. The number of hydrogen-bond donors (Lipinski definition) is 1. The van der Waals surface area contributed by atoms with Gasteiger partial charge in [0.1, 0.15) is 6.04 Å². The molecular formula is C21H37NO4. The van der Waals surface area contributed by atoms with Crippen LogP contribution in [0.4, 0.5) is 4.79 Å². The number of carbonyl (C=O) groups excluding carboxylic acids is 2. The molecular weight excluding hydrogens is 330 g/mol. The van der Waals surface area contributed by atoms with Crippen molar-refractivity contribution in [3.05, 3.63) is 0 Å². The van der Waals surface area contributed by atoms with E-state index in [-0.39, 0.29) is 12.5 Å². The topological polar surface area (TPSA) is 64.6 Å². The van der Waals surface area contributed by atoms with Crippen LogP contribution in [-0.2, 0) is 14.3 Å². The van der Waals surface area contributed by atoms with Gasteiger partial charge in [-0.1, -0.05) is 78.1 Å². The third-order valence-electron chi connectivity index (χ3n) is 4.06. The molecule has 0 heterocycles. The lowest BCUT2D eigenvalue weighted by Gasteiger charge is -2.19. The largest absolute Gasteiger partial charge is 0.464 e. The van der Waals surface area contributed by atoms with Gasteiger partial charge in [0.05, 0.1) is 6.61 Å². The van der Waals surface area contributed by atoms with Gasteiger partial charge in [0.2, 0.25) is 0 Å². The van der Waals surface area contributed by atoms with E-state index in [0.29, 0.717) is 13.0 Å². The molecule has 1 N–H and O–H groups in total. The molecule has 0 fully saturated rings. The molecule has 0 bridgehead atoms. The Kier molecular flexibility index (Phi) is 15.7. The highest BCUT2D eigenvalue weighted by atomic mass is 16.6. The van der Waals surface area contributed by atoms with Crippen LogP contribution in [0.3, 0.4) is 0 Å². The lowest BCUT2D eigenvalue weighted by atomic mass is 10.0. The summed E-state index contributed by atoms with van der Waals surface area (Å²) in [4.78, 5) is 23.8. The number of hydrogen-bond acceptors (Lipinski definition) is 4. The van der Waals surface area contributed by atoms with E-state index < -0.39 is 18.1 Å². The first-order valence-electron chi connectivity index (χ1n) is 10.0. The second-order valence-electron chi connectivity index (χ2n) is 7.10. The number of rotatable bonds is 15. The summed E-state index contributed by atoms with van der Waals surface area (Å²) >= 11 is 0. The molecule has 1 atom stereocenters. The SMILES string of the molecule is C#CCOC(=O)NC(CC(C)C)C(=O)OCCCCCCCCCCC. The Morgan fingerprint density at radius 3 is 2.08 bits per heavy atom. The van der Waals surface area contributed by atoms with Crippen LogP contribution in [0, 0.1) is 18.3 Å². The summed E-state index contributed by atoms with van der Waals surface area (Å²) in [6.07, 6.45) is 15.8. The second kappa shape index (κ2) is 16.8. The molecule has 1 amide bonds. The van der Waals surface area contributed by atoms with Crippen molar-refractivity contribution in [1.29, 1.82) is 0 Å². The molecule has 0 aliphatic carbocycles. The molecule has 26 heavy (non-hydrogen) atoms. The quantitative estimate of drug-likeness (QED) is 0.256. The molecule has 0 radical (unpaired) electrons. The number of ether oxygens (including phenoxy) is 2. The predicted octanol–water partition coefficient (Wildman–Crippen LogP) is 4.83. The Labute approximate surface area is 159 Å². The molecule has 5 nitrogen and oxygen atoms in total. The molecule has 0 aromatic heterocycles. The Hall–Kier alpha value is -1.70. The zero-order chi connectivity index (χ0) is 19.6. The second-order valence-corrected chi connectivity index (χ2v) is 7.10. The van der Waals surface area contributed by atoms with Gasteiger partial charge in [-0.05, 0) is 18.8 Å². The van der Waals surface area contributed by atoms with Crippen LogP contribution >= 0.6 is 0 Å². The summed E-state index contributed by atoms with van der Waals surface area (Å²) in [5.41, 5.74) is 0. The standard InChI is InChI=1S/C21H37NO4/c1-5-7-8-9-10-11-12-13-14-16-25-20(23)19(17-18(3)4)22-21(24)26-15-6-2/h2,18-19H,5,7-17H2,1,3-4H3,(H,22,24). The van der Waals surface area contributed by atoms with Gasteiger partial charge in [-0.2, -0.15) is 0 Å². The fourth-order valence-corrected chi connectivity index (χ4v) is 2.66. The van der Waals surface area contributed by atoms with Gasteiger partial charge >= 0.3 is 12.1 Å². The first kappa shape index (κ1) is 24.3. The first-order valence-corrected chi connectivity index (χ1v) is 10.0. The normalized spacial score (nSPS) is 11.7. The summed E-state index contributed by atoms with van der Waals surface area (Å²) < 4.78 is 10.1. The highest BCUT2D eigenvalue weighted by Crippen LogP contribution is 2.10. The van der Waals surface area contributed by atoms with Gasteiger partial charge in [-0.3, -0.25) is 0 Å². The van der Waals surface area contributed by atoms with Gasteiger partial charge < -0.3 is 14.8 Å². The van der Waals surface area contributed by atoms with E-state index in [1.54, 1.807) is 0 Å². The van der Waals surface area contributed by atoms with Crippen molar-refractivity contribution in [3.8, 4) is 12.3 Å². The molecule has 5 heteroatoms. The molecule has 150 valence electrons. The van der Waals surface area contributed by atoms with Crippen molar-refractivity contribution < 1.29 is 19.1 Å². The highest BCUT2D eigenvalue weighted by molar-refractivity contribution is 5.81. The third kappa shape index (κ3) is 14.6. The molecule has 0 spiro atoms. The zero-order valence-corrected chi connectivity index (χ0v) is 16.9. The molecule has 0 saturated heterocycles. The van der Waals surface area contributed by atoms with Crippen molar-refractivity contribution in [2.45, 2.75) is 91.0 Å². The van der Waals surface area contributed by atoms with Crippen LogP contribution in [0.5, 0.6) is 0 Å². The molecule has 0 aliphatic rings. The number of nitrogens with one attached hydrogen (secondary N) is 1. The van der Waals surface area contributed by atoms with Gasteiger partial charge in [0, 0.05) is 0 Å². The summed E-state index contributed by atoms with van der Waals surface area (Å²) in [5, 5.41) is 2.54. The summed E-state index contributed by atoms with van der Waals surface area (Å²) in [6, 6.07) is -0.696. The van der Waals surface area contributed by atoms with E-state index in [1.807, 2.05) is 13.8 Å².